The van der Waals surface area contributed by atoms with Gasteiger partial charge in [0.2, 0.25) is 11.0 Å². The van der Waals surface area contributed by atoms with Gasteiger partial charge < -0.3 is 10.2 Å². The minimum atomic E-state index is -0.187. The maximum Gasteiger partial charge on any atom is 0.236 e. The van der Waals surface area contributed by atoms with Crippen molar-refractivity contribution in [3.05, 3.63) is 65.7 Å². The van der Waals surface area contributed by atoms with Crippen molar-refractivity contribution in [1.82, 2.24) is 15.1 Å². The van der Waals surface area contributed by atoms with E-state index in [9.17, 15) is 4.79 Å². The SMILES string of the molecule is CC(Sc1nnc(Nc2ccccc2)s1)C(=O)N1CCc2ccccc2C1. The molecule has 0 bridgehead atoms. The van der Waals surface area contributed by atoms with E-state index in [4.69, 9.17) is 0 Å². The summed E-state index contributed by atoms with van der Waals surface area (Å²) in [6, 6.07) is 18.2. The van der Waals surface area contributed by atoms with Crippen LogP contribution < -0.4 is 5.32 Å². The van der Waals surface area contributed by atoms with Crippen LogP contribution >= 0.6 is 23.1 Å². The van der Waals surface area contributed by atoms with Gasteiger partial charge in [0.05, 0.1) is 5.25 Å². The number of carbonyl (C=O) groups is 1. The predicted octanol–water partition coefficient (Wildman–Crippen LogP) is 4.35. The van der Waals surface area contributed by atoms with Crippen molar-refractivity contribution in [2.75, 3.05) is 11.9 Å². The lowest BCUT2D eigenvalue weighted by molar-refractivity contribution is -0.131. The largest absolute Gasteiger partial charge is 0.337 e. The van der Waals surface area contributed by atoms with Crippen LogP contribution in [0, 0.1) is 0 Å². The number of amides is 1. The van der Waals surface area contributed by atoms with Gasteiger partial charge in [0.1, 0.15) is 0 Å². The number of anilines is 2. The lowest BCUT2D eigenvalue weighted by Crippen LogP contribution is -2.40. The van der Waals surface area contributed by atoms with Crippen LogP contribution in [0.1, 0.15) is 18.1 Å². The average Bonchev–Trinajstić information content (AvgIpc) is 3.14. The summed E-state index contributed by atoms with van der Waals surface area (Å²) >= 11 is 2.94. The summed E-state index contributed by atoms with van der Waals surface area (Å²) in [7, 11) is 0. The Morgan fingerprint density at radius 2 is 1.85 bits per heavy atom. The number of nitrogens with zero attached hydrogens (tertiary/aromatic N) is 3. The Morgan fingerprint density at radius 1 is 1.11 bits per heavy atom. The van der Waals surface area contributed by atoms with Crippen molar-refractivity contribution >= 4 is 39.8 Å². The summed E-state index contributed by atoms with van der Waals surface area (Å²) in [6.07, 6.45) is 0.920. The monoisotopic (exact) mass is 396 g/mol. The number of rotatable bonds is 5. The van der Waals surface area contributed by atoms with Crippen LogP contribution in [-0.2, 0) is 17.8 Å². The summed E-state index contributed by atoms with van der Waals surface area (Å²) < 4.78 is 0.798. The topological polar surface area (TPSA) is 58.1 Å². The zero-order chi connectivity index (χ0) is 18.6. The van der Waals surface area contributed by atoms with Crippen molar-refractivity contribution in [2.24, 2.45) is 0 Å². The molecule has 0 fully saturated rings. The van der Waals surface area contributed by atoms with Crippen molar-refractivity contribution < 1.29 is 4.79 Å². The fourth-order valence-corrected chi connectivity index (χ4v) is 5.10. The molecule has 0 saturated carbocycles. The van der Waals surface area contributed by atoms with Crippen LogP contribution in [0.3, 0.4) is 0 Å². The Bertz CT molecular complexity index is 928. The van der Waals surface area contributed by atoms with Crippen LogP contribution in [-0.4, -0.2) is 32.8 Å². The van der Waals surface area contributed by atoms with Gasteiger partial charge in [-0.15, -0.1) is 10.2 Å². The highest BCUT2D eigenvalue weighted by Crippen LogP contribution is 2.31. The van der Waals surface area contributed by atoms with E-state index < -0.39 is 0 Å². The Hall–Kier alpha value is -2.38. The molecular weight excluding hydrogens is 376 g/mol. The summed E-state index contributed by atoms with van der Waals surface area (Å²) in [6.45, 7) is 3.41. The molecule has 0 radical (unpaired) electrons. The van der Waals surface area contributed by atoms with E-state index in [1.165, 1.54) is 34.2 Å². The number of para-hydroxylation sites is 1. The zero-order valence-corrected chi connectivity index (χ0v) is 16.6. The van der Waals surface area contributed by atoms with Gasteiger partial charge in [-0.3, -0.25) is 4.79 Å². The van der Waals surface area contributed by atoms with Crippen molar-refractivity contribution in [1.29, 1.82) is 0 Å². The second-order valence-corrected chi connectivity index (χ2v) is 8.97. The third-order valence-corrected chi connectivity index (χ3v) is 6.51. The quantitative estimate of drug-likeness (QED) is 0.650. The minimum absolute atomic E-state index is 0.155. The highest BCUT2D eigenvalue weighted by atomic mass is 32.2. The highest BCUT2D eigenvalue weighted by Gasteiger charge is 2.26. The van der Waals surface area contributed by atoms with Gasteiger partial charge in [0.15, 0.2) is 4.34 Å². The number of nitrogens with one attached hydrogen (secondary N) is 1. The summed E-state index contributed by atoms with van der Waals surface area (Å²) in [4.78, 5) is 14.8. The van der Waals surface area contributed by atoms with Crippen LogP contribution in [0.25, 0.3) is 0 Å². The van der Waals surface area contributed by atoms with Crippen molar-refractivity contribution in [3.8, 4) is 0 Å². The van der Waals surface area contributed by atoms with Gasteiger partial charge in [-0.05, 0) is 36.6 Å². The summed E-state index contributed by atoms with van der Waals surface area (Å²) in [5.74, 6) is 0.155. The zero-order valence-electron chi connectivity index (χ0n) is 15.0. The Labute approximate surface area is 166 Å². The lowest BCUT2D eigenvalue weighted by Gasteiger charge is -2.30. The third-order valence-electron chi connectivity index (χ3n) is 4.50. The number of fused-ring (bicyclic) bond motifs is 1. The maximum atomic E-state index is 12.9. The molecule has 7 heteroatoms. The second-order valence-electron chi connectivity index (χ2n) is 6.40. The van der Waals surface area contributed by atoms with Gasteiger partial charge in [-0.2, -0.15) is 0 Å². The molecule has 1 aromatic heterocycles. The second kappa shape index (κ2) is 8.10. The number of thioether (sulfide) groups is 1. The van der Waals surface area contributed by atoms with Crippen LogP contribution in [0.15, 0.2) is 58.9 Å². The van der Waals surface area contributed by atoms with Gasteiger partial charge >= 0.3 is 0 Å². The molecule has 1 aliphatic heterocycles. The maximum absolute atomic E-state index is 12.9. The molecule has 3 aromatic rings. The fourth-order valence-electron chi connectivity index (χ4n) is 3.10. The lowest BCUT2D eigenvalue weighted by atomic mass is 10.00. The van der Waals surface area contributed by atoms with Gasteiger partial charge in [-0.1, -0.05) is 65.6 Å². The van der Waals surface area contributed by atoms with E-state index in [0.717, 1.165) is 28.1 Å². The van der Waals surface area contributed by atoms with E-state index in [1.807, 2.05) is 48.2 Å². The number of carbonyl (C=O) groups excluding carboxylic acids is 1. The summed E-state index contributed by atoms with van der Waals surface area (Å²) in [5.41, 5.74) is 3.57. The van der Waals surface area contributed by atoms with Crippen molar-refractivity contribution in [3.63, 3.8) is 0 Å². The van der Waals surface area contributed by atoms with E-state index in [2.05, 4.69) is 33.7 Å². The molecule has 4 rings (SSSR count). The molecular formula is C20H20N4OS2. The molecule has 5 nitrogen and oxygen atoms in total. The van der Waals surface area contributed by atoms with E-state index in [1.54, 1.807) is 0 Å². The predicted molar refractivity (Wildman–Crippen MR) is 111 cm³/mol. The van der Waals surface area contributed by atoms with E-state index in [0.29, 0.717) is 6.54 Å². The first-order valence-corrected chi connectivity index (χ1v) is 10.6. The number of aromatic nitrogens is 2. The molecule has 1 aliphatic rings. The molecule has 1 amide bonds. The first-order valence-electron chi connectivity index (χ1n) is 8.87. The Kier molecular flexibility index (Phi) is 5.40. The number of hydrogen-bond donors (Lipinski definition) is 1. The minimum Gasteiger partial charge on any atom is -0.337 e. The normalized spacial score (nSPS) is 14.5. The van der Waals surface area contributed by atoms with Gasteiger partial charge in [-0.25, -0.2) is 0 Å². The van der Waals surface area contributed by atoms with Crippen molar-refractivity contribution in [2.45, 2.75) is 29.5 Å². The number of benzene rings is 2. The molecule has 2 aromatic carbocycles. The molecule has 0 spiro atoms. The highest BCUT2D eigenvalue weighted by molar-refractivity contribution is 8.02. The van der Waals surface area contributed by atoms with Crippen LogP contribution in [0.4, 0.5) is 10.8 Å². The first kappa shape index (κ1) is 18.0. The molecule has 1 unspecified atom stereocenters. The third kappa shape index (κ3) is 4.31. The molecule has 27 heavy (non-hydrogen) atoms. The average molecular weight is 397 g/mol. The number of hydrogen-bond acceptors (Lipinski definition) is 6. The molecule has 0 aliphatic carbocycles. The van der Waals surface area contributed by atoms with Crippen LogP contribution in [0.5, 0.6) is 0 Å². The molecule has 2 heterocycles. The molecule has 0 saturated heterocycles. The van der Waals surface area contributed by atoms with E-state index in [-0.39, 0.29) is 11.2 Å². The molecule has 1 N–H and O–H groups in total. The smallest absolute Gasteiger partial charge is 0.236 e. The molecule has 1 atom stereocenters. The Morgan fingerprint density at radius 3 is 2.67 bits per heavy atom. The van der Waals surface area contributed by atoms with Gasteiger partial charge in [0.25, 0.3) is 0 Å². The standard InChI is InChI=1S/C20H20N4OS2/c1-14(18(25)24-12-11-15-7-5-6-8-16(15)13-24)26-20-23-22-19(27-20)21-17-9-3-2-4-10-17/h2-10,14H,11-13H2,1H3,(H,21,22). The fraction of sp³-hybridized carbons (Fsp3) is 0.250. The first-order chi connectivity index (χ1) is 13.2. The summed E-state index contributed by atoms with van der Waals surface area (Å²) in [5, 5.41) is 12.2. The van der Waals surface area contributed by atoms with Gasteiger partial charge in [0, 0.05) is 18.8 Å². The van der Waals surface area contributed by atoms with E-state index >= 15 is 0 Å². The van der Waals surface area contributed by atoms with Crippen LogP contribution in [0.2, 0.25) is 0 Å². The Balaban J connectivity index is 1.36. The molecule has 138 valence electrons.